The average molecular weight is 655 g/mol. The molecule has 0 spiro atoms. The van der Waals surface area contributed by atoms with E-state index in [1.54, 1.807) is 0 Å². The van der Waals surface area contributed by atoms with Crippen LogP contribution in [-0.2, 0) is 17.9 Å². The molecule has 5 rings (SSSR count). The third kappa shape index (κ3) is 7.16. The smallest absolute Gasteiger partial charge is 0.352 e. The quantitative estimate of drug-likeness (QED) is 0.302. The van der Waals surface area contributed by atoms with E-state index in [0.717, 1.165) is 10.9 Å². The van der Waals surface area contributed by atoms with Gasteiger partial charge in [0.25, 0.3) is 5.91 Å². The second kappa shape index (κ2) is 11.8. The Morgan fingerprint density at radius 3 is 2.42 bits per heavy atom. The molecule has 2 aliphatic carbocycles. The van der Waals surface area contributed by atoms with Crippen LogP contribution in [0.4, 0.5) is 39.5 Å². The largest absolute Gasteiger partial charge is 0.389 e. The number of halogens is 9. The zero-order chi connectivity index (χ0) is 32.8. The molecule has 3 heterocycles. The highest BCUT2D eigenvalue weighted by atomic mass is 19.4. The third-order valence-electron chi connectivity index (χ3n) is 8.11. The monoisotopic (exact) mass is 654 g/mol. The fourth-order valence-corrected chi connectivity index (χ4v) is 5.47. The Hall–Kier alpha value is -3.93. The third-order valence-corrected chi connectivity index (χ3v) is 8.11. The first-order valence-corrected chi connectivity index (χ1v) is 13.9. The molecule has 2 amide bonds. The van der Waals surface area contributed by atoms with Crippen LogP contribution < -0.4 is 10.6 Å². The number of hydrogen-bond donors (Lipinski definition) is 2. The van der Waals surface area contributed by atoms with Gasteiger partial charge in [-0.2, -0.15) is 35.8 Å². The van der Waals surface area contributed by atoms with Gasteiger partial charge in [0.2, 0.25) is 11.8 Å². The Bertz CT molecular complexity index is 1540. The maximum atomic E-state index is 14.0. The van der Waals surface area contributed by atoms with Crippen molar-refractivity contribution in [2.45, 2.75) is 88.0 Å². The minimum atomic E-state index is -4.48. The average Bonchev–Trinajstić information content (AvgIpc) is 3.60. The summed E-state index contributed by atoms with van der Waals surface area (Å²) in [5.41, 5.74) is 0.512. The summed E-state index contributed by atoms with van der Waals surface area (Å²) in [5, 5.41) is 16.4. The van der Waals surface area contributed by atoms with Crippen molar-refractivity contribution in [2.75, 3.05) is 0 Å². The van der Waals surface area contributed by atoms with Crippen molar-refractivity contribution >= 4 is 17.5 Å². The zero-order valence-electron chi connectivity index (χ0n) is 23.3. The summed E-state index contributed by atoms with van der Waals surface area (Å²) < 4.78 is 122. The number of amides is 2. The molecule has 0 aliphatic heterocycles. The summed E-state index contributed by atoms with van der Waals surface area (Å²) >= 11 is 0. The van der Waals surface area contributed by atoms with Gasteiger partial charge >= 0.3 is 18.0 Å². The standard InChI is InChI=1S/C26H27F9N8O2/c27-23(28)4-1-15(2-5-23)21(40-22(45)18-11-37-41-42(18)12-16-8-24(29,30)26(16,34)35)17-13-43-19(39-17)7-14(10-38-43)9-36-20(44)3-6-25(31,32)33/h7,10-11,13,15-16,21H,1-6,8-9,12H2,(H,36,44)(H,40,45)/t16?,21-/m0/s1. The highest BCUT2D eigenvalue weighted by Gasteiger charge is 2.71. The molecular weight excluding hydrogens is 627 g/mol. The molecule has 2 atom stereocenters. The molecular formula is C26H27F9N8O2. The molecule has 0 aromatic carbocycles. The first kappa shape index (κ1) is 32.5. The van der Waals surface area contributed by atoms with E-state index in [1.807, 2.05) is 0 Å². The van der Waals surface area contributed by atoms with Crippen molar-refractivity contribution in [2.24, 2.45) is 11.8 Å². The number of nitrogens with one attached hydrogen (secondary N) is 2. The van der Waals surface area contributed by atoms with Gasteiger partial charge in [0.05, 0.1) is 49.2 Å². The van der Waals surface area contributed by atoms with Crippen LogP contribution in [0, 0.1) is 11.8 Å². The second-order valence-corrected chi connectivity index (χ2v) is 11.4. The van der Waals surface area contributed by atoms with Gasteiger partial charge in [-0.1, -0.05) is 5.21 Å². The van der Waals surface area contributed by atoms with Gasteiger partial charge in [-0.25, -0.2) is 23.0 Å². The van der Waals surface area contributed by atoms with Gasteiger partial charge in [0, 0.05) is 32.2 Å². The Balaban J connectivity index is 1.33. The van der Waals surface area contributed by atoms with E-state index in [9.17, 15) is 49.1 Å². The molecule has 2 aliphatic rings. The number of hydrogen-bond acceptors (Lipinski definition) is 6. The predicted molar refractivity (Wildman–Crippen MR) is 135 cm³/mol. The molecule has 2 fully saturated rings. The van der Waals surface area contributed by atoms with Gasteiger partial charge in [0.15, 0.2) is 5.65 Å². The summed E-state index contributed by atoms with van der Waals surface area (Å²) in [6.45, 7) is -0.858. The first-order chi connectivity index (χ1) is 20.9. The van der Waals surface area contributed by atoms with E-state index < -0.39 is 92.3 Å². The van der Waals surface area contributed by atoms with Crippen molar-refractivity contribution in [1.82, 2.24) is 40.2 Å². The van der Waals surface area contributed by atoms with E-state index in [4.69, 9.17) is 0 Å². The molecule has 3 aromatic rings. The number of carbonyl (C=O) groups is 2. The molecule has 0 bridgehead atoms. The number of alkyl halides is 9. The fourth-order valence-electron chi connectivity index (χ4n) is 5.47. The SMILES string of the molecule is O=C(CCC(F)(F)F)NCc1cnn2cc([C@@H](NC(=O)c3cnnn3CC3CC(F)(F)C3(F)F)C3CCC(F)(F)CC3)nc2c1. The van der Waals surface area contributed by atoms with Crippen molar-refractivity contribution in [3.05, 3.63) is 41.6 Å². The van der Waals surface area contributed by atoms with E-state index >= 15 is 0 Å². The topological polar surface area (TPSA) is 119 Å². The molecule has 19 heteroatoms. The molecule has 1 unspecified atom stereocenters. The van der Waals surface area contributed by atoms with Crippen LogP contribution in [0.15, 0.2) is 24.7 Å². The summed E-state index contributed by atoms with van der Waals surface area (Å²) in [6, 6.07) is 0.515. The molecule has 246 valence electrons. The Morgan fingerprint density at radius 2 is 1.78 bits per heavy atom. The first-order valence-electron chi connectivity index (χ1n) is 13.9. The number of carbonyl (C=O) groups excluding carboxylic acids is 2. The van der Waals surface area contributed by atoms with Crippen molar-refractivity contribution in [3.63, 3.8) is 0 Å². The van der Waals surface area contributed by atoms with E-state index in [-0.39, 0.29) is 36.4 Å². The van der Waals surface area contributed by atoms with Gasteiger partial charge in [-0.3, -0.25) is 9.59 Å². The molecule has 2 saturated carbocycles. The van der Waals surface area contributed by atoms with Crippen molar-refractivity contribution in [3.8, 4) is 0 Å². The number of aromatic nitrogens is 6. The fraction of sp³-hybridized carbons (Fsp3) is 0.615. The Labute approximate surface area is 248 Å². The summed E-state index contributed by atoms with van der Waals surface area (Å²) in [6.07, 6.45) is -4.81. The molecule has 3 aromatic heterocycles. The molecule has 0 radical (unpaired) electrons. The highest BCUT2D eigenvalue weighted by molar-refractivity contribution is 5.92. The van der Waals surface area contributed by atoms with Gasteiger partial charge in [-0.05, 0) is 30.4 Å². The van der Waals surface area contributed by atoms with Crippen LogP contribution in [0.25, 0.3) is 5.65 Å². The molecule has 45 heavy (non-hydrogen) atoms. The lowest BCUT2D eigenvalue weighted by Gasteiger charge is -2.43. The lowest BCUT2D eigenvalue weighted by Crippen LogP contribution is -2.60. The Kier molecular flexibility index (Phi) is 8.50. The van der Waals surface area contributed by atoms with Crippen LogP contribution in [0.3, 0.4) is 0 Å². The summed E-state index contributed by atoms with van der Waals surface area (Å²) in [7, 11) is 0. The van der Waals surface area contributed by atoms with Gasteiger partial charge < -0.3 is 10.6 Å². The number of rotatable bonds is 10. The molecule has 0 saturated heterocycles. The van der Waals surface area contributed by atoms with Crippen LogP contribution in [-0.4, -0.2) is 65.4 Å². The van der Waals surface area contributed by atoms with Crippen LogP contribution >= 0.6 is 0 Å². The van der Waals surface area contributed by atoms with Gasteiger partial charge in [0.1, 0.15) is 5.69 Å². The normalized spacial score (nSPS) is 21.7. The van der Waals surface area contributed by atoms with Gasteiger partial charge in [-0.15, -0.1) is 5.10 Å². The molecule has 2 N–H and O–H groups in total. The second-order valence-electron chi connectivity index (χ2n) is 11.4. The van der Waals surface area contributed by atoms with Crippen molar-refractivity contribution in [1.29, 1.82) is 0 Å². The minimum Gasteiger partial charge on any atom is -0.352 e. The zero-order valence-corrected chi connectivity index (χ0v) is 23.3. The van der Waals surface area contributed by atoms with Crippen molar-refractivity contribution < 1.29 is 49.1 Å². The highest BCUT2D eigenvalue weighted by Crippen LogP contribution is 2.55. The minimum absolute atomic E-state index is 0.00462. The predicted octanol–water partition coefficient (Wildman–Crippen LogP) is 4.87. The maximum absolute atomic E-state index is 14.0. The lowest BCUT2D eigenvalue weighted by atomic mass is 9.76. The lowest BCUT2D eigenvalue weighted by molar-refractivity contribution is -0.316. The van der Waals surface area contributed by atoms with Crippen LogP contribution in [0.1, 0.15) is 72.7 Å². The van der Waals surface area contributed by atoms with Crippen LogP contribution in [0.5, 0.6) is 0 Å². The van der Waals surface area contributed by atoms with Crippen LogP contribution in [0.2, 0.25) is 0 Å². The Morgan fingerprint density at radius 1 is 1.07 bits per heavy atom. The number of fused-ring (bicyclic) bond motifs is 1. The van der Waals surface area contributed by atoms with E-state index in [1.165, 1.54) is 23.0 Å². The van der Waals surface area contributed by atoms with E-state index in [2.05, 4.69) is 31.0 Å². The molecule has 10 nitrogen and oxygen atoms in total. The number of imidazole rings is 1. The van der Waals surface area contributed by atoms with E-state index in [0.29, 0.717) is 5.56 Å². The maximum Gasteiger partial charge on any atom is 0.389 e. The summed E-state index contributed by atoms with van der Waals surface area (Å²) in [4.78, 5) is 29.6. The summed E-state index contributed by atoms with van der Waals surface area (Å²) in [5.74, 6) is -15.4. The number of nitrogens with zero attached hydrogens (tertiary/aromatic N) is 6.